The molecule has 1 saturated carbocycles. The molecular formula is C10H16O4. The van der Waals surface area contributed by atoms with E-state index in [1.54, 1.807) is 0 Å². The van der Waals surface area contributed by atoms with Crippen molar-refractivity contribution in [3.05, 3.63) is 0 Å². The second-order valence-corrected chi connectivity index (χ2v) is 5.06. The van der Waals surface area contributed by atoms with Crippen LogP contribution in [-0.4, -0.2) is 34.0 Å². The topological polar surface area (TPSA) is 66.8 Å². The molecule has 2 rings (SSSR count). The summed E-state index contributed by atoms with van der Waals surface area (Å²) >= 11 is 0. The van der Waals surface area contributed by atoms with Crippen molar-refractivity contribution in [3.63, 3.8) is 0 Å². The van der Waals surface area contributed by atoms with Gasteiger partial charge in [0.15, 0.2) is 0 Å². The highest BCUT2D eigenvalue weighted by Gasteiger charge is 2.60. The lowest BCUT2D eigenvalue weighted by Gasteiger charge is -2.47. The molecule has 3 atom stereocenters. The molecule has 0 aromatic rings. The lowest BCUT2D eigenvalue weighted by atomic mass is 9.63. The Morgan fingerprint density at radius 1 is 1.50 bits per heavy atom. The quantitative estimate of drug-likeness (QED) is 0.549. The number of rotatable bonds is 0. The summed E-state index contributed by atoms with van der Waals surface area (Å²) in [6.07, 6.45) is -0.102. The van der Waals surface area contributed by atoms with Crippen LogP contribution in [0.4, 0.5) is 0 Å². The van der Waals surface area contributed by atoms with Gasteiger partial charge in [0, 0.05) is 11.8 Å². The molecule has 14 heavy (non-hydrogen) atoms. The maximum atomic E-state index is 11.1. The molecule has 2 fully saturated rings. The summed E-state index contributed by atoms with van der Waals surface area (Å²) in [5.74, 6) is -0.361. The Labute approximate surface area is 82.9 Å². The summed E-state index contributed by atoms with van der Waals surface area (Å²) in [6.45, 7) is 3.73. The number of esters is 1. The average molecular weight is 200 g/mol. The van der Waals surface area contributed by atoms with E-state index in [0.717, 1.165) is 0 Å². The molecule has 0 radical (unpaired) electrons. The number of ether oxygens (including phenoxy) is 1. The first-order chi connectivity index (χ1) is 6.35. The molecule has 4 nitrogen and oxygen atoms in total. The number of fused-ring (bicyclic) bond motifs is 1. The zero-order valence-electron chi connectivity index (χ0n) is 8.49. The van der Waals surface area contributed by atoms with Gasteiger partial charge in [-0.1, -0.05) is 13.8 Å². The highest BCUT2D eigenvalue weighted by molar-refractivity contribution is 5.74. The van der Waals surface area contributed by atoms with Crippen LogP contribution >= 0.6 is 0 Å². The molecule has 0 aromatic heterocycles. The number of carbonyl (C=O) groups is 1. The Kier molecular flexibility index (Phi) is 1.92. The zero-order chi connectivity index (χ0) is 10.6. The Morgan fingerprint density at radius 2 is 2.14 bits per heavy atom. The number of hydrogen-bond acceptors (Lipinski definition) is 4. The van der Waals surface area contributed by atoms with E-state index in [-0.39, 0.29) is 12.4 Å². The van der Waals surface area contributed by atoms with E-state index in [2.05, 4.69) is 0 Å². The molecule has 1 heterocycles. The fraction of sp³-hybridized carbons (Fsp3) is 0.900. The van der Waals surface area contributed by atoms with Gasteiger partial charge >= 0.3 is 5.97 Å². The van der Waals surface area contributed by atoms with Crippen LogP contribution in [0.3, 0.4) is 0 Å². The van der Waals surface area contributed by atoms with E-state index in [0.29, 0.717) is 12.8 Å². The number of aliphatic hydroxyl groups excluding tert-OH is 1. The van der Waals surface area contributed by atoms with E-state index < -0.39 is 23.2 Å². The molecule has 80 valence electrons. The van der Waals surface area contributed by atoms with E-state index in [1.807, 2.05) is 13.8 Å². The molecule has 4 heteroatoms. The van der Waals surface area contributed by atoms with E-state index >= 15 is 0 Å². The third kappa shape index (κ3) is 1.17. The summed E-state index contributed by atoms with van der Waals surface area (Å²) in [5, 5.41) is 20.0. The van der Waals surface area contributed by atoms with Crippen molar-refractivity contribution in [2.24, 2.45) is 5.41 Å². The van der Waals surface area contributed by atoms with Crippen molar-refractivity contribution < 1.29 is 19.7 Å². The minimum atomic E-state index is -1.09. The van der Waals surface area contributed by atoms with Crippen LogP contribution in [0, 0.1) is 5.41 Å². The smallest absolute Gasteiger partial charge is 0.309 e. The van der Waals surface area contributed by atoms with Gasteiger partial charge in [-0.3, -0.25) is 4.79 Å². The van der Waals surface area contributed by atoms with Crippen molar-refractivity contribution in [2.75, 3.05) is 0 Å². The Bertz CT molecular complexity index is 273. The molecule has 1 aliphatic heterocycles. The van der Waals surface area contributed by atoms with Crippen LogP contribution in [0.5, 0.6) is 0 Å². The van der Waals surface area contributed by atoms with Crippen molar-refractivity contribution >= 4 is 5.97 Å². The lowest BCUT2D eigenvalue weighted by molar-refractivity contribution is -0.169. The van der Waals surface area contributed by atoms with Gasteiger partial charge in [0.25, 0.3) is 0 Å². The van der Waals surface area contributed by atoms with Gasteiger partial charge in [0.05, 0.1) is 12.5 Å². The first-order valence-corrected chi connectivity index (χ1v) is 4.95. The Morgan fingerprint density at radius 3 is 2.79 bits per heavy atom. The molecule has 0 unspecified atom stereocenters. The molecule has 0 bridgehead atoms. The van der Waals surface area contributed by atoms with Gasteiger partial charge in [-0.2, -0.15) is 0 Å². The molecule has 0 amide bonds. The molecule has 2 N–H and O–H groups in total. The van der Waals surface area contributed by atoms with Crippen LogP contribution in [0.15, 0.2) is 0 Å². The van der Waals surface area contributed by atoms with Gasteiger partial charge in [0.2, 0.25) is 0 Å². The predicted octanol–water partition coefficient (Wildman–Crippen LogP) is 0.214. The molecule has 2 aliphatic rings. The van der Waals surface area contributed by atoms with Crippen molar-refractivity contribution in [3.8, 4) is 0 Å². The highest BCUT2D eigenvalue weighted by atomic mass is 16.6. The second-order valence-electron chi connectivity index (χ2n) is 5.06. The molecule has 0 spiro atoms. The Balaban J connectivity index is 2.33. The van der Waals surface area contributed by atoms with Crippen LogP contribution in [0.1, 0.15) is 33.1 Å². The van der Waals surface area contributed by atoms with E-state index in [4.69, 9.17) is 4.74 Å². The first kappa shape index (κ1) is 9.93. The lowest BCUT2D eigenvalue weighted by Crippen LogP contribution is -2.56. The molecule has 1 saturated heterocycles. The van der Waals surface area contributed by atoms with Crippen molar-refractivity contribution in [1.29, 1.82) is 0 Å². The van der Waals surface area contributed by atoms with E-state index in [9.17, 15) is 15.0 Å². The first-order valence-electron chi connectivity index (χ1n) is 4.95. The van der Waals surface area contributed by atoms with Gasteiger partial charge in [-0.05, 0) is 6.42 Å². The van der Waals surface area contributed by atoms with Gasteiger partial charge in [0.1, 0.15) is 11.7 Å². The minimum absolute atomic E-state index is 0.0530. The Hall–Kier alpha value is -0.610. The average Bonchev–Trinajstić information content (AvgIpc) is 2.25. The van der Waals surface area contributed by atoms with Gasteiger partial charge in [-0.15, -0.1) is 0 Å². The van der Waals surface area contributed by atoms with Gasteiger partial charge < -0.3 is 14.9 Å². The fourth-order valence-corrected chi connectivity index (χ4v) is 2.65. The van der Waals surface area contributed by atoms with E-state index in [1.165, 1.54) is 0 Å². The highest BCUT2D eigenvalue weighted by Crippen LogP contribution is 2.50. The largest absolute Gasteiger partial charge is 0.459 e. The summed E-state index contributed by atoms with van der Waals surface area (Å²) in [7, 11) is 0. The standard InChI is InChI=1S/C10H16O4/c1-9(2)4-6(11)3-7-10(9,13)5-8(12)14-7/h6-7,11,13H,3-5H2,1-2H3/t6-,7+,10+/m1/s1. The number of carbonyl (C=O) groups excluding carboxylic acids is 1. The van der Waals surface area contributed by atoms with Crippen LogP contribution in [-0.2, 0) is 9.53 Å². The maximum absolute atomic E-state index is 11.1. The monoisotopic (exact) mass is 200 g/mol. The van der Waals surface area contributed by atoms with Crippen molar-refractivity contribution in [2.45, 2.75) is 50.9 Å². The van der Waals surface area contributed by atoms with Crippen LogP contribution in [0.2, 0.25) is 0 Å². The predicted molar refractivity (Wildman–Crippen MR) is 48.5 cm³/mol. The maximum Gasteiger partial charge on any atom is 0.309 e. The number of aliphatic hydroxyl groups is 2. The normalized spacial score (nSPS) is 45.9. The summed E-state index contributed by atoms with van der Waals surface area (Å²) in [6, 6.07) is 0. The minimum Gasteiger partial charge on any atom is -0.459 e. The fourth-order valence-electron chi connectivity index (χ4n) is 2.65. The van der Waals surface area contributed by atoms with Gasteiger partial charge in [-0.25, -0.2) is 0 Å². The molecule has 1 aliphatic carbocycles. The molecule has 0 aromatic carbocycles. The van der Waals surface area contributed by atoms with Crippen LogP contribution in [0.25, 0.3) is 0 Å². The number of hydrogen-bond donors (Lipinski definition) is 2. The third-order valence-corrected chi connectivity index (χ3v) is 3.62. The third-order valence-electron chi connectivity index (χ3n) is 3.62. The van der Waals surface area contributed by atoms with Crippen molar-refractivity contribution in [1.82, 2.24) is 0 Å². The summed E-state index contributed by atoms with van der Waals surface area (Å²) in [4.78, 5) is 11.1. The second kappa shape index (κ2) is 2.70. The zero-order valence-corrected chi connectivity index (χ0v) is 8.49. The molecular weight excluding hydrogens is 184 g/mol. The summed E-state index contributed by atoms with van der Waals surface area (Å²) in [5.41, 5.74) is -1.56. The SMILES string of the molecule is CC1(C)C[C@H](O)C[C@@H]2OC(=O)C[C@]21O. The summed E-state index contributed by atoms with van der Waals surface area (Å²) < 4.78 is 5.03. The van der Waals surface area contributed by atoms with Crippen LogP contribution < -0.4 is 0 Å².